The Morgan fingerprint density at radius 3 is 2.25 bits per heavy atom. The lowest BCUT2D eigenvalue weighted by Gasteiger charge is -2.26. The van der Waals surface area contributed by atoms with Gasteiger partial charge in [-0.2, -0.15) is 0 Å². The molecule has 1 atom stereocenters. The quantitative estimate of drug-likeness (QED) is 0.785. The minimum atomic E-state index is -0.198. The van der Waals surface area contributed by atoms with Crippen LogP contribution in [0.15, 0.2) is 36.4 Å². The first-order chi connectivity index (χ1) is 13.6. The molecule has 1 N–H and O–H groups in total. The van der Waals surface area contributed by atoms with Crippen molar-refractivity contribution in [1.82, 2.24) is 4.90 Å². The molecule has 0 bridgehead atoms. The van der Waals surface area contributed by atoms with Crippen LogP contribution < -0.4 is 24.3 Å². The summed E-state index contributed by atoms with van der Waals surface area (Å²) < 4.78 is 21.4. The van der Waals surface area contributed by atoms with Crippen LogP contribution in [0.3, 0.4) is 0 Å². The van der Waals surface area contributed by atoms with E-state index >= 15 is 0 Å². The number of amides is 2. The van der Waals surface area contributed by atoms with Crippen molar-refractivity contribution < 1.29 is 23.7 Å². The second-order valence-electron chi connectivity index (χ2n) is 6.02. The Morgan fingerprint density at radius 1 is 0.964 bits per heavy atom. The van der Waals surface area contributed by atoms with E-state index in [2.05, 4.69) is 5.32 Å². The number of anilines is 1. The van der Waals surface area contributed by atoms with Crippen LogP contribution in [0.1, 0.15) is 10.9 Å². The zero-order chi connectivity index (χ0) is 20.1. The molecule has 0 unspecified atom stereocenters. The van der Waals surface area contributed by atoms with Gasteiger partial charge in [-0.1, -0.05) is 0 Å². The lowest BCUT2D eigenvalue weighted by atomic mass is 10.1. The van der Waals surface area contributed by atoms with Crippen LogP contribution in [0.4, 0.5) is 10.5 Å². The molecule has 0 aromatic heterocycles. The van der Waals surface area contributed by atoms with Gasteiger partial charge >= 0.3 is 6.03 Å². The molecule has 1 saturated heterocycles. The molecule has 1 fully saturated rings. The number of urea groups is 1. The van der Waals surface area contributed by atoms with Gasteiger partial charge in [0.2, 0.25) is 0 Å². The highest BCUT2D eigenvalue weighted by Crippen LogP contribution is 2.43. The summed E-state index contributed by atoms with van der Waals surface area (Å²) in [5.41, 5.74) is 1.52. The zero-order valence-corrected chi connectivity index (χ0v) is 17.2. The lowest BCUT2D eigenvalue weighted by molar-refractivity contribution is 0.213. The van der Waals surface area contributed by atoms with Crippen molar-refractivity contribution in [2.75, 3.05) is 46.1 Å². The van der Waals surface area contributed by atoms with E-state index in [1.54, 1.807) is 63.3 Å². The van der Waals surface area contributed by atoms with E-state index in [4.69, 9.17) is 18.9 Å². The third-order valence-corrected chi connectivity index (χ3v) is 5.75. The van der Waals surface area contributed by atoms with E-state index in [1.165, 1.54) is 0 Å². The first kappa shape index (κ1) is 20.0. The molecule has 8 heteroatoms. The van der Waals surface area contributed by atoms with E-state index in [0.717, 1.165) is 11.3 Å². The van der Waals surface area contributed by atoms with Gasteiger partial charge in [-0.05, 0) is 24.3 Å². The number of nitrogens with zero attached hydrogens (tertiary/aromatic N) is 1. The van der Waals surface area contributed by atoms with Crippen molar-refractivity contribution in [3.8, 4) is 23.0 Å². The Bertz CT molecular complexity index is 845. The number of rotatable bonds is 6. The fourth-order valence-corrected chi connectivity index (χ4v) is 4.33. The number of methoxy groups -OCH3 is 4. The average molecular weight is 404 g/mol. The molecule has 1 aliphatic rings. The van der Waals surface area contributed by atoms with Crippen LogP contribution in [0.2, 0.25) is 0 Å². The molecule has 0 aliphatic carbocycles. The average Bonchev–Trinajstić information content (AvgIpc) is 3.23. The number of ether oxygens (including phenoxy) is 4. The van der Waals surface area contributed by atoms with E-state index in [1.807, 2.05) is 18.2 Å². The molecule has 1 heterocycles. The first-order valence-corrected chi connectivity index (χ1v) is 9.79. The minimum absolute atomic E-state index is 0.148. The number of carbonyl (C=O) groups excluding carboxylic acids is 1. The van der Waals surface area contributed by atoms with Gasteiger partial charge in [0.25, 0.3) is 0 Å². The summed E-state index contributed by atoms with van der Waals surface area (Å²) in [4.78, 5) is 14.8. The van der Waals surface area contributed by atoms with Crippen LogP contribution in [0.25, 0.3) is 0 Å². The largest absolute Gasteiger partial charge is 0.497 e. The number of hydrogen-bond acceptors (Lipinski definition) is 6. The summed E-state index contributed by atoms with van der Waals surface area (Å²) in [7, 11) is 6.37. The van der Waals surface area contributed by atoms with E-state index in [-0.39, 0.29) is 11.4 Å². The van der Waals surface area contributed by atoms with Crippen LogP contribution in [0.5, 0.6) is 23.0 Å². The maximum absolute atomic E-state index is 13.0. The maximum Gasteiger partial charge on any atom is 0.323 e. The molecular weight excluding hydrogens is 380 g/mol. The number of thioether (sulfide) groups is 1. The first-order valence-electron chi connectivity index (χ1n) is 8.74. The fourth-order valence-electron chi connectivity index (χ4n) is 3.05. The van der Waals surface area contributed by atoms with Crippen molar-refractivity contribution >= 4 is 23.5 Å². The Balaban J connectivity index is 1.82. The second-order valence-corrected chi connectivity index (χ2v) is 7.21. The number of hydrogen-bond donors (Lipinski definition) is 1. The van der Waals surface area contributed by atoms with Crippen molar-refractivity contribution in [3.05, 3.63) is 42.0 Å². The molecule has 0 spiro atoms. The Morgan fingerprint density at radius 2 is 1.61 bits per heavy atom. The molecule has 7 nitrogen and oxygen atoms in total. The van der Waals surface area contributed by atoms with Crippen LogP contribution in [-0.2, 0) is 0 Å². The Labute approximate surface area is 168 Å². The fraction of sp³-hybridized carbons (Fsp3) is 0.350. The maximum atomic E-state index is 13.0. The van der Waals surface area contributed by atoms with E-state index < -0.39 is 0 Å². The molecule has 150 valence electrons. The smallest absolute Gasteiger partial charge is 0.323 e. The van der Waals surface area contributed by atoms with Crippen molar-refractivity contribution in [3.63, 3.8) is 0 Å². The SMILES string of the molecule is COc1ccc(NC(=O)N2CCS[C@@H]2c2ccc(OC)cc2OC)c(OC)c1. The molecule has 3 rings (SSSR count). The highest BCUT2D eigenvalue weighted by molar-refractivity contribution is 7.99. The van der Waals surface area contributed by atoms with Crippen molar-refractivity contribution in [1.29, 1.82) is 0 Å². The van der Waals surface area contributed by atoms with Gasteiger partial charge in [0.05, 0.1) is 34.1 Å². The minimum Gasteiger partial charge on any atom is -0.497 e. The molecule has 2 aromatic rings. The Kier molecular flexibility index (Phi) is 6.41. The molecule has 1 aliphatic heterocycles. The molecule has 2 aromatic carbocycles. The predicted octanol–water partition coefficient (Wildman–Crippen LogP) is 4.00. The van der Waals surface area contributed by atoms with Gasteiger partial charge in [-0.3, -0.25) is 0 Å². The molecular formula is C20H24N2O5S. The second kappa shape index (κ2) is 8.97. The van der Waals surface area contributed by atoms with Crippen LogP contribution in [0, 0.1) is 0 Å². The van der Waals surface area contributed by atoms with Crippen LogP contribution in [-0.4, -0.2) is 51.7 Å². The third kappa shape index (κ3) is 4.06. The predicted molar refractivity (Wildman–Crippen MR) is 110 cm³/mol. The molecule has 0 saturated carbocycles. The summed E-state index contributed by atoms with van der Waals surface area (Å²) >= 11 is 1.69. The van der Waals surface area contributed by atoms with E-state index in [0.29, 0.717) is 35.2 Å². The lowest BCUT2D eigenvalue weighted by Crippen LogP contribution is -2.34. The summed E-state index contributed by atoms with van der Waals surface area (Å²) in [5.74, 6) is 3.44. The van der Waals surface area contributed by atoms with Gasteiger partial charge in [0.15, 0.2) is 0 Å². The molecule has 28 heavy (non-hydrogen) atoms. The molecule has 2 amide bonds. The molecule has 0 radical (unpaired) electrons. The van der Waals surface area contributed by atoms with Gasteiger partial charge in [0.1, 0.15) is 28.4 Å². The number of carbonyl (C=O) groups is 1. The van der Waals surface area contributed by atoms with Gasteiger partial charge in [0, 0.05) is 30.0 Å². The van der Waals surface area contributed by atoms with Crippen molar-refractivity contribution in [2.24, 2.45) is 0 Å². The summed E-state index contributed by atoms with van der Waals surface area (Å²) in [6.07, 6.45) is 0. The summed E-state index contributed by atoms with van der Waals surface area (Å²) in [6.45, 7) is 0.634. The topological polar surface area (TPSA) is 69.3 Å². The zero-order valence-electron chi connectivity index (χ0n) is 16.4. The monoisotopic (exact) mass is 404 g/mol. The van der Waals surface area contributed by atoms with Crippen LogP contribution >= 0.6 is 11.8 Å². The standard InChI is InChI=1S/C20H24N2O5S/c1-24-13-5-7-15(17(11-13)26-3)19-22(9-10-28-19)20(23)21-16-8-6-14(25-2)12-18(16)27-4/h5-8,11-12,19H,9-10H2,1-4H3,(H,21,23)/t19-/m1/s1. The summed E-state index contributed by atoms with van der Waals surface area (Å²) in [6, 6.07) is 10.7. The highest BCUT2D eigenvalue weighted by Gasteiger charge is 2.33. The van der Waals surface area contributed by atoms with Crippen molar-refractivity contribution in [2.45, 2.75) is 5.37 Å². The highest BCUT2D eigenvalue weighted by atomic mass is 32.2. The Hall–Kier alpha value is -2.74. The summed E-state index contributed by atoms with van der Waals surface area (Å²) in [5, 5.41) is 2.79. The number of nitrogens with one attached hydrogen (secondary N) is 1. The van der Waals surface area contributed by atoms with Gasteiger partial charge in [-0.15, -0.1) is 11.8 Å². The van der Waals surface area contributed by atoms with E-state index in [9.17, 15) is 4.79 Å². The third-order valence-electron chi connectivity index (χ3n) is 4.51. The van der Waals surface area contributed by atoms with Gasteiger partial charge < -0.3 is 29.2 Å². The number of benzene rings is 2. The van der Waals surface area contributed by atoms with Gasteiger partial charge in [-0.25, -0.2) is 4.79 Å². The normalized spacial score (nSPS) is 15.9.